The Morgan fingerprint density at radius 1 is 1.33 bits per heavy atom. The molecule has 0 aromatic heterocycles. The molecule has 1 N–H and O–H groups in total. The molecule has 0 saturated carbocycles. The monoisotopic (exact) mass is 184 g/mol. The molecule has 0 aromatic carbocycles. The molecule has 12 heavy (non-hydrogen) atoms. The summed E-state index contributed by atoms with van der Waals surface area (Å²) in [5, 5.41) is 2.34. The molecule has 0 rings (SSSR count). The molecule has 0 fully saturated rings. The van der Waals surface area contributed by atoms with Crippen LogP contribution >= 0.6 is 0 Å². The second kappa shape index (κ2) is 4.67. The predicted octanol–water partition coefficient (Wildman–Crippen LogP) is 1.09. The summed E-state index contributed by atoms with van der Waals surface area (Å²) < 4.78 is 34.9. The fourth-order valence-corrected chi connectivity index (χ4v) is 0.605. The number of hydrogen-bond acceptors (Lipinski definition) is 2. The van der Waals surface area contributed by atoms with Crippen LogP contribution in [-0.2, 0) is 0 Å². The molecular weight excluding hydrogens is 169 g/mol. The van der Waals surface area contributed by atoms with Crippen molar-refractivity contribution in [1.29, 1.82) is 0 Å². The number of rotatable bonds is 4. The number of halogens is 3. The zero-order chi connectivity index (χ0) is 9.78. The first-order chi connectivity index (χ1) is 5.33. The Morgan fingerprint density at radius 3 is 2.17 bits per heavy atom. The van der Waals surface area contributed by atoms with Crippen LogP contribution in [0.1, 0.15) is 6.92 Å². The second-order valence-corrected chi connectivity index (χ2v) is 3.06. The van der Waals surface area contributed by atoms with Crippen LogP contribution in [0.4, 0.5) is 13.2 Å². The van der Waals surface area contributed by atoms with Crippen LogP contribution in [0.2, 0.25) is 0 Å². The van der Waals surface area contributed by atoms with E-state index in [0.29, 0.717) is 6.54 Å². The minimum Gasteiger partial charge on any atom is -0.307 e. The van der Waals surface area contributed by atoms with Gasteiger partial charge in [-0.15, -0.1) is 0 Å². The van der Waals surface area contributed by atoms with Gasteiger partial charge in [0.1, 0.15) is 0 Å². The van der Waals surface area contributed by atoms with Gasteiger partial charge in [-0.1, -0.05) is 0 Å². The zero-order valence-corrected chi connectivity index (χ0v) is 7.57. The van der Waals surface area contributed by atoms with Crippen LogP contribution < -0.4 is 5.32 Å². The van der Waals surface area contributed by atoms with Crippen LogP contribution in [-0.4, -0.2) is 44.3 Å². The SMILES string of the molecule is CC(CNCC(F)(F)F)N(C)C. The van der Waals surface area contributed by atoms with Crippen LogP contribution in [0.3, 0.4) is 0 Å². The highest BCUT2D eigenvalue weighted by Gasteiger charge is 2.26. The second-order valence-electron chi connectivity index (χ2n) is 3.06. The van der Waals surface area contributed by atoms with Gasteiger partial charge in [0.25, 0.3) is 0 Å². The molecule has 0 aliphatic carbocycles. The molecule has 1 atom stereocenters. The third-order valence-electron chi connectivity index (χ3n) is 1.65. The lowest BCUT2D eigenvalue weighted by Gasteiger charge is -2.20. The molecule has 2 nitrogen and oxygen atoms in total. The largest absolute Gasteiger partial charge is 0.401 e. The van der Waals surface area contributed by atoms with E-state index in [9.17, 15) is 13.2 Å². The molecule has 5 heteroatoms. The van der Waals surface area contributed by atoms with E-state index in [-0.39, 0.29) is 6.04 Å². The highest BCUT2D eigenvalue weighted by atomic mass is 19.4. The summed E-state index contributed by atoms with van der Waals surface area (Å²) in [6.45, 7) is 1.31. The van der Waals surface area contributed by atoms with Crippen LogP contribution in [0.25, 0.3) is 0 Å². The fourth-order valence-electron chi connectivity index (χ4n) is 0.605. The Balaban J connectivity index is 3.44. The van der Waals surface area contributed by atoms with Gasteiger partial charge in [0.2, 0.25) is 0 Å². The number of nitrogens with one attached hydrogen (secondary N) is 1. The van der Waals surface area contributed by atoms with Gasteiger partial charge in [-0.3, -0.25) is 0 Å². The normalized spacial score (nSPS) is 15.2. The summed E-state index contributed by atoms with van der Waals surface area (Å²) in [4.78, 5) is 1.86. The van der Waals surface area contributed by atoms with E-state index < -0.39 is 12.7 Å². The molecule has 0 amide bonds. The maximum absolute atomic E-state index is 11.6. The van der Waals surface area contributed by atoms with Crippen molar-refractivity contribution in [3.8, 4) is 0 Å². The topological polar surface area (TPSA) is 15.3 Å². The van der Waals surface area contributed by atoms with Crippen molar-refractivity contribution in [3.63, 3.8) is 0 Å². The summed E-state index contributed by atoms with van der Waals surface area (Å²) in [7, 11) is 3.67. The van der Waals surface area contributed by atoms with Crippen molar-refractivity contribution in [3.05, 3.63) is 0 Å². The van der Waals surface area contributed by atoms with E-state index in [0.717, 1.165) is 0 Å². The minimum atomic E-state index is -4.11. The number of alkyl halides is 3. The molecule has 0 aromatic rings. The van der Waals surface area contributed by atoms with Crippen LogP contribution in [0.15, 0.2) is 0 Å². The Kier molecular flexibility index (Phi) is 4.55. The van der Waals surface area contributed by atoms with Gasteiger partial charge < -0.3 is 10.2 Å². The summed E-state index contributed by atoms with van der Waals surface area (Å²) in [5.41, 5.74) is 0. The van der Waals surface area contributed by atoms with E-state index in [2.05, 4.69) is 5.32 Å². The van der Waals surface area contributed by atoms with Crippen molar-refractivity contribution in [1.82, 2.24) is 10.2 Å². The third kappa shape index (κ3) is 6.42. The number of nitrogens with zero attached hydrogens (tertiary/aromatic N) is 1. The van der Waals surface area contributed by atoms with Gasteiger partial charge in [-0.05, 0) is 21.0 Å². The first kappa shape index (κ1) is 11.7. The van der Waals surface area contributed by atoms with Crippen molar-refractivity contribution in [2.24, 2.45) is 0 Å². The zero-order valence-electron chi connectivity index (χ0n) is 7.57. The van der Waals surface area contributed by atoms with Crippen molar-refractivity contribution in [2.45, 2.75) is 19.1 Å². The number of hydrogen-bond donors (Lipinski definition) is 1. The molecule has 0 aliphatic rings. The molecule has 0 saturated heterocycles. The fraction of sp³-hybridized carbons (Fsp3) is 1.00. The lowest BCUT2D eigenvalue weighted by Crippen LogP contribution is -2.39. The van der Waals surface area contributed by atoms with Gasteiger partial charge in [0.05, 0.1) is 6.54 Å². The van der Waals surface area contributed by atoms with E-state index in [1.807, 2.05) is 25.9 Å². The van der Waals surface area contributed by atoms with Crippen LogP contribution in [0.5, 0.6) is 0 Å². The molecule has 1 unspecified atom stereocenters. The van der Waals surface area contributed by atoms with Gasteiger partial charge in [-0.25, -0.2) is 0 Å². The lowest BCUT2D eigenvalue weighted by molar-refractivity contribution is -0.125. The standard InChI is InChI=1S/C7H15F3N2/c1-6(12(2)3)4-11-5-7(8,9)10/h6,11H,4-5H2,1-3H3. The Hall–Kier alpha value is -0.290. The minimum absolute atomic E-state index is 0.118. The molecule has 0 spiro atoms. The molecule has 74 valence electrons. The molecule has 0 bridgehead atoms. The third-order valence-corrected chi connectivity index (χ3v) is 1.65. The highest BCUT2D eigenvalue weighted by Crippen LogP contribution is 2.11. The van der Waals surface area contributed by atoms with Crippen molar-refractivity contribution >= 4 is 0 Å². The van der Waals surface area contributed by atoms with Gasteiger partial charge >= 0.3 is 6.18 Å². The summed E-state index contributed by atoms with van der Waals surface area (Å²) in [6, 6.07) is 0.118. The van der Waals surface area contributed by atoms with E-state index in [1.165, 1.54) is 0 Å². The smallest absolute Gasteiger partial charge is 0.307 e. The van der Waals surface area contributed by atoms with Crippen LogP contribution in [0, 0.1) is 0 Å². The van der Waals surface area contributed by atoms with E-state index >= 15 is 0 Å². The quantitative estimate of drug-likeness (QED) is 0.703. The lowest BCUT2D eigenvalue weighted by atomic mass is 10.3. The van der Waals surface area contributed by atoms with Crippen molar-refractivity contribution < 1.29 is 13.2 Å². The Morgan fingerprint density at radius 2 is 1.83 bits per heavy atom. The van der Waals surface area contributed by atoms with Gasteiger partial charge in [-0.2, -0.15) is 13.2 Å². The van der Waals surface area contributed by atoms with E-state index in [4.69, 9.17) is 0 Å². The maximum Gasteiger partial charge on any atom is 0.401 e. The average Bonchev–Trinajstić information content (AvgIpc) is 1.84. The highest BCUT2D eigenvalue weighted by molar-refractivity contribution is 4.64. The Labute approximate surface area is 70.7 Å². The molecule has 0 radical (unpaired) electrons. The van der Waals surface area contributed by atoms with Gasteiger partial charge in [0, 0.05) is 12.6 Å². The molecular formula is C7H15F3N2. The van der Waals surface area contributed by atoms with Gasteiger partial charge in [0.15, 0.2) is 0 Å². The van der Waals surface area contributed by atoms with Crippen molar-refractivity contribution in [2.75, 3.05) is 27.2 Å². The van der Waals surface area contributed by atoms with E-state index in [1.54, 1.807) is 0 Å². The Bertz CT molecular complexity index is 122. The first-order valence-electron chi connectivity index (χ1n) is 3.77. The summed E-state index contributed by atoms with van der Waals surface area (Å²) in [6.07, 6.45) is -4.11. The average molecular weight is 184 g/mol. The number of likely N-dealkylation sites (N-methyl/N-ethyl adjacent to an activating group) is 1. The summed E-state index contributed by atoms with van der Waals surface area (Å²) in [5.74, 6) is 0. The summed E-state index contributed by atoms with van der Waals surface area (Å²) >= 11 is 0. The maximum atomic E-state index is 11.6. The first-order valence-corrected chi connectivity index (χ1v) is 3.77. The molecule has 0 heterocycles. The predicted molar refractivity (Wildman–Crippen MR) is 42.1 cm³/mol. The molecule has 0 aliphatic heterocycles.